The van der Waals surface area contributed by atoms with Gasteiger partial charge in [-0.25, -0.2) is 0 Å². The molecule has 2 amide bonds. The summed E-state index contributed by atoms with van der Waals surface area (Å²) in [7, 11) is 0. The number of benzene rings is 2. The first kappa shape index (κ1) is 17.0. The van der Waals surface area contributed by atoms with E-state index in [1.54, 1.807) is 13.0 Å². The zero-order valence-corrected chi connectivity index (χ0v) is 14.4. The summed E-state index contributed by atoms with van der Waals surface area (Å²) in [5.41, 5.74) is 3.82. The second-order valence-electron chi connectivity index (χ2n) is 6.18. The van der Waals surface area contributed by atoms with Gasteiger partial charge in [-0.3, -0.25) is 9.59 Å². The highest BCUT2D eigenvalue weighted by atomic mass is 16.2. The Morgan fingerprint density at radius 3 is 2.48 bits per heavy atom. The van der Waals surface area contributed by atoms with E-state index >= 15 is 0 Å². The Hall–Kier alpha value is -2.82. The first-order chi connectivity index (χ1) is 12.2. The van der Waals surface area contributed by atoms with Crippen LogP contribution < -0.4 is 15.5 Å². The molecule has 2 aromatic rings. The van der Waals surface area contributed by atoms with Gasteiger partial charge in [0.2, 0.25) is 11.8 Å². The smallest absolute Gasteiger partial charge is 0.243 e. The molecule has 0 unspecified atom stereocenters. The quantitative estimate of drug-likeness (QED) is 0.879. The molecule has 3 rings (SSSR count). The maximum atomic E-state index is 12.4. The molecule has 0 atom stereocenters. The van der Waals surface area contributed by atoms with Crippen LogP contribution in [0.15, 0.2) is 48.5 Å². The minimum absolute atomic E-state index is 0.0478. The van der Waals surface area contributed by atoms with Gasteiger partial charge in [0.15, 0.2) is 0 Å². The zero-order valence-electron chi connectivity index (χ0n) is 14.4. The molecular weight excluding hydrogens is 314 g/mol. The van der Waals surface area contributed by atoms with Crippen molar-refractivity contribution in [3.8, 4) is 0 Å². The van der Waals surface area contributed by atoms with Crippen molar-refractivity contribution in [3.05, 3.63) is 54.1 Å². The molecule has 2 aromatic carbocycles. The lowest BCUT2D eigenvalue weighted by atomic mass is 10.0. The lowest BCUT2D eigenvalue weighted by molar-refractivity contribution is -0.116. The third-order valence-electron chi connectivity index (χ3n) is 4.29. The van der Waals surface area contributed by atoms with Crippen molar-refractivity contribution in [3.63, 3.8) is 0 Å². The van der Waals surface area contributed by atoms with Gasteiger partial charge in [-0.15, -0.1) is 0 Å². The van der Waals surface area contributed by atoms with Crippen LogP contribution in [0.5, 0.6) is 0 Å². The van der Waals surface area contributed by atoms with Crippen LogP contribution in [0.3, 0.4) is 0 Å². The monoisotopic (exact) mass is 337 g/mol. The lowest BCUT2D eigenvalue weighted by Gasteiger charge is -2.30. The molecule has 0 saturated carbocycles. The Balaban J connectivity index is 1.64. The van der Waals surface area contributed by atoms with Crippen LogP contribution in [0, 0.1) is 0 Å². The molecule has 2 N–H and O–H groups in total. The van der Waals surface area contributed by atoms with E-state index in [1.165, 1.54) is 5.56 Å². The van der Waals surface area contributed by atoms with Crippen molar-refractivity contribution in [1.29, 1.82) is 0 Å². The molecule has 5 heteroatoms. The molecule has 1 aliphatic heterocycles. The van der Waals surface area contributed by atoms with Crippen molar-refractivity contribution < 1.29 is 9.59 Å². The van der Waals surface area contributed by atoms with Gasteiger partial charge in [-0.2, -0.15) is 0 Å². The number of amides is 2. The first-order valence-electron chi connectivity index (χ1n) is 8.68. The second kappa shape index (κ2) is 7.83. The zero-order chi connectivity index (χ0) is 17.6. The third-order valence-corrected chi connectivity index (χ3v) is 4.29. The standard InChI is InChI=1S/C20H23N3O2/c1-2-19(24)21-16-9-5-10-17(13-16)22-20(25)14-23-12-6-8-15-7-3-4-11-18(15)23/h3-5,7,9-11,13H,2,6,8,12,14H2,1H3,(H,21,24)(H,22,25). The molecule has 0 spiro atoms. The van der Waals surface area contributed by atoms with Crippen molar-refractivity contribution in [2.45, 2.75) is 26.2 Å². The van der Waals surface area contributed by atoms with E-state index in [0.717, 1.165) is 25.1 Å². The summed E-state index contributed by atoms with van der Waals surface area (Å²) >= 11 is 0. The molecular formula is C20H23N3O2. The number of rotatable bonds is 5. The Morgan fingerprint density at radius 1 is 1.00 bits per heavy atom. The lowest BCUT2D eigenvalue weighted by Crippen LogP contribution is -2.36. The molecule has 130 valence electrons. The largest absolute Gasteiger partial charge is 0.362 e. The van der Waals surface area contributed by atoms with E-state index in [1.807, 2.05) is 30.3 Å². The molecule has 0 saturated heterocycles. The van der Waals surface area contributed by atoms with E-state index in [-0.39, 0.29) is 11.8 Å². The second-order valence-corrected chi connectivity index (χ2v) is 6.18. The highest BCUT2D eigenvalue weighted by molar-refractivity contribution is 5.96. The molecule has 0 aliphatic carbocycles. The summed E-state index contributed by atoms with van der Waals surface area (Å²) in [6.45, 7) is 3.01. The van der Waals surface area contributed by atoms with E-state index < -0.39 is 0 Å². The maximum absolute atomic E-state index is 12.4. The maximum Gasteiger partial charge on any atom is 0.243 e. The molecule has 0 fully saturated rings. The minimum atomic E-state index is -0.0596. The summed E-state index contributed by atoms with van der Waals surface area (Å²) in [6, 6.07) is 15.5. The average Bonchev–Trinajstić information content (AvgIpc) is 2.62. The van der Waals surface area contributed by atoms with E-state index in [4.69, 9.17) is 0 Å². The summed E-state index contributed by atoms with van der Waals surface area (Å²) in [5.74, 6) is -0.107. The van der Waals surface area contributed by atoms with Crippen LogP contribution in [0.2, 0.25) is 0 Å². The number of nitrogens with zero attached hydrogens (tertiary/aromatic N) is 1. The van der Waals surface area contributed by atoms with Gasteiger partial charge in [0, 0.05) is 30.0 Å². The van der Waals surface area contributed by atoms with Gasteiger partial charge in [-0.05, 0) is 42.7 Å². The number of carbonyl (C=O) groups is 2. The van der Waals surface area contributed by atoms with Crippen LogP contribution in [0.25, 0.3) is 0 Å². The van der Waals surface area contributed by atoms with E-state index in [2.05, 4.69) is 27.7 Å². The Bertz CT molecular complexity index is 773. The van der Waals surface area contributed by atoms with Crippen LogP contribution in [0.1, 0.15) is 25.3 Å². The summed E-state index contributed by atoms with van der Waals surface area (Å²) in [4.78, 5) is 26.1. The molecule has 25 heavy (non-hydrogen) atoms. The fraction of sp³-hybridized carbons (Fsp3) is 0.300. The first-order valence-corrected chi connectivity index (χ1v) is 8.68. The van der Waals surface area contributed by atoms with Crippen molar-refractivity contribution in [1.82, 2.24) is 0 Å². The van der Waals surface area contributed by atoms with Crippen molar-refractivity contribution >= 4 is 28.9 Å². The van der Waals surface area contributed by atoms with Crippen LogP contribution in [-0.2, 0) is 16.0 Å². The van der Waals surface area contributed by atoms with Gasteiger partial charge in [0.25, 0.3) is 0 Å². The fourth-order valence-electron chi connectivity index (χ4n) is 3.07. The predicted octanol–water partition coefficient (Wildman–Crippen LogP) is 3.43. The molecule has 0 bridgehead atoms. The molecule has 0 radical (unpaired) electrons. The van der Waals surface area contributed by atoms with Gasteiger partial charge in [-0.1, -0.05) is 31.2 Å². The molecule has 0 aromatic heterocycles. The number of aryl methyl sites for hydroxylation is 1. The number of fused-ring (bicyclic) bond motifs is 1. The van der Waals surface area contributed by atoms with Gasteiger partial charge >= 0.3 is 0 Å². The normalized spacial score (nSPS) is 13.1. The van der Waals surface area contributed by atoms with Crippen molar-refractivity contribution in [2.24, 2.45) is 0 Å². The highest BCUT2D eigenvalue weighted by Gasteiger charge is 2.18. The summed E-state index contributed by atoms with van der Waals surface area (Å²) in [6.07, 6.45) is 2.54. The average molecular weight is 337 g/mol. The third kappa shape index (κ3) is 4.38. The molecule has 1 heterocycles. The number of nitrogens with one attached hydrogen (secondary N) is 2. The van der Waals surface area contributed by atoms with E-state index in [0.29, 0.717) is 24.3 Å². The SMILES string of the molecule is CCC(=O)Nc1cccc(NC(=O)CN2CCCc3ccccc32)c1. The number of para-hydroxylation sites is 1. The highest BCUT2D eigenvalue weighted by Crippen LogP contribution is 2.26. The number of anilines is 3. The van der Waals surface area contributed by atoms with Crippen LogP contribution in [0.4, 0.5) is 17.1 Å². The van der Waals surface area contributed by atoms with Gasteiger partial charge in [0.1, 0.15) is 0 Å². The number of carbonyl (C=O) groups excluding carboxylic acids is 2. The molecule has 5 nitrogen and oxygen atoms in total. The summed E-state index contributed by atoms with van der Waals surface area (Å²) in [5, 5.41) is 5.72. The summed E-state index contributed by atoms with van der Waals surface area (Å²) < 4.78 is 0. The number of hydrogen-bond acceptors (Lipinski definition) is 3. The van der Waals surface area contributed by atoms with Crippen LogP contribution >= 0.6 is 0 Å². The Kier molecular flexibility index (Phi) is 5.33. The predicted molar refractivity (Wildman–Crippen MR) is 101 cm³/mol. The molecule has 1 aliphatic rings. The van der Waals surface area contributed by atoms with Crippen LogP contribution in [-0.4, -0.2) is 24.9 Å². The van der Waals surface area contributed by atoms with E-state index in [9.17, 15) is 9.59 Å². The Morgan fingerprint density at radius 2 is 1.72 bits per heavy atom. The number of hydrogen-bond donors (Lipinski definition) is 2. The Labute approximate surface area is 148 Å². The fourth-order valence-corrected chi connectivity index (χ4v) is 3.07. The van der Waals surface area contributed by atoms with Gasteiger partial charge in [0.05, 0.1) is 6.54 Å². The minimum Gasteiger partial charge on any atom is -0.362 e. The van der Waals surface area contributed by atoms with Gasteiger partial charge < -0.3 is 15.5 Å². The van der Waals surface area contributed by atoms with Crippen molar-refractivity contribution in [2.75, 3.05) is 28.6 Å². The topological polar surface area (TPSA) is 61.4 Å².